The smallest absolute Gasteiger partial charge is 0.173 e. The minimum Gasteiger partial charge on any atom is -0.381 e. The van der Waals surface area contributed by atoms with E-state index < -0.39 is 5.84 Å². The molecule has 0 aliphatic carbocycles. The Hall–Kier alpha value is -1.83. The fourth-order valence-electron chi connectivity index (χ4n) is 0.735. The van der Waals surface area contributed by atoms with Gasteiger partial charge < -0.3 is 11.1 Å². The maximum Gasteiger partial charge on any atom is 0.173 e. The SMILES string of the molecule is N=C(N)C(=N)N/C(Br)=C1/N=CC=NC1=N. The topological polar surface area (TPSA) is 134 Å². The molecule has 1 rings (SSSR count). The molecule has 0 atom stereocenters. The van der Waals surface area contributed by atoms with E-state index in [-0.39, 0.29) is 22.0 Å². The molecule has 0 saturated carbocycles. The fraction of sp³-hybridized carbons (Fsp3) is 0. The number of hydrogen-bond donors (Lipinski definition) is 5. The zero-order chi connectivity index (χ0) is 11.4. The van der Waals surface area contributed by atoms with Crippen LogP contribution in [0.1, 0.15) is 0 Å². The van der Waals surface area contributed by atoms with Gasteiger partial charge in [-0.05, 0) is 15.9 Å². The molecule has 0 spiro atoms. The molecular weight excluding hydrogens is 262 g/mol. The van der Waals surface area contributed by atoms with Gasteiger partial charge in [-0.15, -0.1) is 0 Å². The van der Waals surface area contributed by atoms with Gasteiger partial charge in [0.25, 0.3) is 0 Å². The zero-order valence-electron chi connectivity index (χ0n) is 7.50. The number of nitrogens with two attached hydrogens (primary N) is 1. The number of nitrogens with one attached hydrogen (secondary N) is 4. The lowest BCUT2D eigenvalue weighted by atomic mass is 10.4. The van der Waals surface area contributed by atoms with Gasteiger partial charge in [0.1, 0.15) is 10.3 Å². The van der Waals surface area contributed by atoms with Crippen molar-refractivity contribution in [2.45, 2.75) is 0 Å². The molecule has 8 heteroatoms. The molecule has 0 bridgehead atoms. The van der Waals surface area contributed by atoms with Gasteiger partial charge in [0.15, 0.2) is 17.5 Å². The molecule has 1 aliphatic heterocycles. The highest BCUT2D eigenvalue weighted by Crippen LogP contribution is 2.13. The maximum atomic E-state index is 7.43. The largest absolute Gasteiger partial charge is 0.381 e. The molecule has 0 aromatic rings. The Bertz CT molecular complexity index is 417. The first-order valence-electron chi connectivity index (χ1n) is 3.77. The third kappa shape index (κ3) is 2.81. The molecule has 0 amide bonds. The Morgan fingerprint density at radius 1 is 1.33 bits per heavy atom. The van der Waals surface area contributed by atoms with Crippen molar-refractivity contribution in [1.29, 1.82) is 16.2 Å². The average Bonchev–Trinajstić information content (AvgIpc) is 2.18. The van der Waals surface area contributed by atoms with Crippen LogP contribution >= 0.6 is 15.9 Å². The van der Waals surface area contributed by atoms with Crippen molar-refractivity contribution in [3.05, 3.63) is 10.3 Å². The summed E-state index contributed by atoms with van der Waals surface area (Å²) in [4.78, 5) is 7.60. The van der Waals surface area contributed by atoms with Crippen molar-refractivity contribution in [1.82, 2.24) is 5.32 Å². The van der Waals surface area contributed by atoms with Crippen LogP contribution in [0, 0.1) is 16.2 Å². The molecule has 0 saturated heterocycles. The number of amidine groups is 3. The molecular formula is C7H8BrN7. The van der Waals surface area contributed by atoms with E-state index in [2.05, 4.69) is 31.2 Å². The Morgan fingerprint density at radius 3 is 2.47 bits per heavy atom. The first-order valence-corrected chi connectivity index (χ1v) is 4.57. The number of hydrogen-bond acceptors (Lipinski definition) is 4. The minimum atomic E-state index is -0.401. The molecule has 15 heavy (non-hydrogen) atoms. The Balaban J connectivity index is 2.87. The molecule has 1 heterocycles. The van der Waals surface area contributed by atoms with Crippen LogP contribution in [-0.2, 0) is 0 Å². The summed E-state index contributed by atoms with van der Waals surface area (Å²) in [6.45, 7) is 0. The second-order valence-electron chi connectivity index (χ2n) is 2.48. The van der Waals surface area contributed by atoms with Crippen LogP contribution in [0.2, 0.25) is 0 Å². The van der Waals surface area contributed by atoms with Gasteiger partial charge in [0, 0.05) is 12.4 Å². The molecule has 1 aliphatic rings. The lowest BCUT2D eigenvalue weighted by molar-refractivity contribution is 1.17. The van der Waals surface area contributed by atoms with E-state index in [0.717, 1.165) is 0 Å². The minimum absolute atomic E-state index is 0.0340. The summed E-state index contributed by atoms with van der Waals surface area (Å²) in [5.41, 5.74) is 5.33. The second-order valence-corrected chi connectivity index (χ2v) is 3.27. The standard InChI is InChI=1S/C7H8BrN7/c8-4(15-7(12)5(9)10)3-6(11)14-2-1-13-3/h1-2,11H,(H3,9,10)(H2,12,15)/b4-3+,11-6?. The maximum absolute atomic E-state index is 7.43. The first-order chi connectivity index (χ1) is 7.02. The third-order valence-corrected chi connectivity index (χ3v) is 1.98. The van der Waals surface area contributed by atoms with Crippen molar-refractivity contribution in [3.63, 3.8) is 0 Å². The lowest BCUT2D eigenvalue weighted by Crippen LogP contribution is -2.34. The monoisotopic (exact) mass is 269 g/mol. The fourth-order valence-corrected chi connectivity index (χ4v) is 1.22. The van der Waals surface area contributed by atoms with Gasteiger partial charge >= 0.3 is 0 Å². The highest BCUT2D eigenvalue weighted by atomic mass is 79.9. The quantitative estimate of drug-likeness (QED) is 0.264. The molecule has 0 aromatic carbocycles. The van der Waals surface area contributed by atoms with Gasteiger partial charge in [-0.2, -0.15) is 0 Å². The first kappa shape index (κ1) is 11.2. The van der Waals surface area contributed by atoms with E-state index in [0.29, 0.717) is 0 Å². The Kier molecular flexibility index (Phi) is 3.45. The van der Waals surface area contributed by atoms with E-state index >= 15 is 0 Å². The highest BCUT2D eigenvalue weighted by Gasteiger charge is 2.12. The van der Waals surface area contributed by atoms with E-state index in [1.165, 1.54) is 12.4 Å². The van der Waals surface area contributed by atoms with Gasteiger partial charge in [-0.1, -0.05) is 0 Å². The van der Waals surface area contributed by atoms with E-state index in [1.807, 2.05) is 0 Å². The van der Waals surface area contributed by atoms with Crippen LogP contribution in [0.4, 0.5) is 0 Å². The summed E-state index contributed by atoms with van der Waals surface area (Å²) in [6.07, 6.45) is 2.82. The number of rotatable bonds is 1. The normalized spacial score (nSPS) is 17.5. The Morgan fingerprint density at radius 2 is 1.93 bits per heavy atom. The zero-order valence-corrected chi connectivity index (χ0v) is 9.09. The lowest BCUT2D eigenvalue weighted by Gasteiger charge is -2.09. The molecule has 0 radical (unpaired) electrons. The van der Waals surface area contributed by atoms with Crippen LogP contribution in [-0.4, -0.2) is 29.9 Å². The van der Waals surface area contributed by atoms with E-state index in [1.54, 1.807) is 0 Å². The van der Waals surface area contributed by atoms with Gasteiger partial charge in [0.2, 0.25) is 0 Å². The van der Waals surface area contributed by atoms with Crippen LogP contribution in [0.25, 0.3) is 0 Å². The molecule has 0 fully saturated rings. The predicted molar refractivity (Wildman–Crippen MR) is 63.4 cm³/mol. The van der Waals surface area contributed by atoms with Crippen molar-refractivity contribution in [2.75, 3.05) is 0 Å². The second kappa shape index (κ2) is 4.60. The van der Waals surface area contributed by atoms with Crippen LogP contribution in [0.3, 0.4) is 0 Å². The highest BCUT2D eigenvalue weighted by molar-refractivity contribution is 9.11. The summed E-state index contributed by atoms with van der Waals surface area (Å²) in [7, 11) is 0. The van der Waals surface area contributed by atoms with Crippen LogP contribution in [0.15, 0.2) is 20.3 Å². The summed E-state index contributed by atoms with van der Waals surface area (Å²) >= 11 is 3.10. The van der Waals surface area contributed by atoms with Crippen LogP contribution in [0.5, 0.6) is 0 Å². The summed E-state index contributed by atoms with van der Waals surface area (Å²) < 4.78 is 0.279. The summed E-state index contributed by atoms with van der Waals surface area (Å²) in [5.74, 6) is -0.706. The number of nitrogens with zero attached hydrogens (tertiary/aromatic N) is 2. The van der Waals surface area contributed by atoms with Crippen molar-refractivity contribution < 1.29 is 0 Å². The van der Waals surface area contributed by atoms with Crippen molar-refractivity contribution in [3.8, 4) is 0 Å². The van der Waals surface area contributed by atoms with Crippen molar-refractivity contribution in [2.24, 2.45) is 15.7 Å². The molecule has 78 valence electrons. The van der Waals surface area contributed by atoms with Gasteiger partial charge in [-0.3, -0.25) is 16.2 Å². The summed E-state index contributed by atoms with van der Waals surface area (Å²) in [6, 6.07) is 0. The molecule has 7 nitrogen and oxygen atoms in total. The third-order valence-electron chi connectivity index (χ3n) is 1.41. The van der Waals surface area contributed by atoms with Gasteiger partial charge in [0.05, 0.1) is 0 Å². The van der Waals surface area contributed by atoms with Crippen LogP contribution < -0.4 is 11.1 Å². The van der Waals surface area contributed by atoms with Crippen molar-refractivity contribution >= 4 is 45.9 Å². The molecule has 6 N–H and O–H groups in total. The molecule has 0 aromatic heterocycles. The molecule has 0 unspecified atom stereocenters. The van der Waals surface area contributed by atoms with E-state index in [4.69, 9.17) is 22.0 Å². The average molecular weight is 270 g/mol. The summed E-state index contributed by atoms with van der Waals surface area (Å²) in [5, 5.41) is 24.2. The van der Waals surface area contributed by atoms with E-state index in [9.17, 15) is 0 Å². The number of halogens is 1. The predicted octanol–water partition coefficient (Wildman–Crippen LogP) is 0.186. The Labute approximate surface area is 93.8 Å². The number of aliphatic imine (C=N–C) groups is 2. The van der Waals surface area contributed by atoms with Gasteiger partial charge in [-0.25, -0.2) is 9.98 Å².